The van der Waals surface area contributed by atoms with Crippen LogP contribution >= 0.6 is 11.6 Å². The number of aliphatic hydroxyl groups excluding tert-OH is 2. The van der Waals surface area contributed by atoms with Crippen LogP contribution in [0.3, 0.4) is 0 Å². The highest BCUT2D eigenvalue weighted by Crippen LogP contribution is 2.32. The highest BCUT2D eigenvalue weighted by Gasteiger charge is 2.34. The van der Waals surface area contributed by atoms with Crippen LogP contribution in [0.1, 0.15) is 6.42 Å². The average molecular weight is 572 g/mol. The maximum atomic E-state index is 12.6. The summed E-state index contributed by atoms with van der Waals surface area (Å²) >= 11 is 6.56. The smallest absolute Gasteiger partial charge is 0.296 e. The van der Waals surface area contributed by atoms with E-state index >= 15 is 0 Å². The third-order valence-electron chi connectivity index (χ3n) is 7.01. The maximum absolute atomic E-state index is 12.6. The van der Waals surface area contributed by atoms with Crippen molar-refractivity contribution >= 4 is 32.6 Å². The number of pyridine rings is 1. The number of halogens is 1. The second kappa shape index (κ2) is 10.5. The fourth-order valence-electron chi connectivity index (χ4n) is 4.64. The molecule has 0 saturated carbocycles. The number of sulfone groups is 1. The predicted molar refractivity (Wildman–Crippen MR) is 143 cm³/mol. The van der Waals surface area contributed by atoms with Crippen LogP contribution < -0.4 is 4.74 Å². The lowest BCUT2D eigenvalue weighted by atomic mass is 10.0. The van der Waals surface area contributed by atoms with Gasteiger partial charge in [-0.1, -0.05) is 48.0 Å². The van der Waals surface area contributed by atoms with Gasteiger partial charge in [0.15, 0.2) is 15.5 Å². The van der Waals surface area contributed by atoms with Crippen molar-refractivity contribution in [3.8, 4) is 28.4 Å². The molecular formula is C27H26ClN3O7S. The fraction of sp³-hybridized carbons (Fsp3) is 0.333. The number of H-pyrrole nitrogens is 1. The van der Waals surface area contributed by atoms with Crippen LogP contribution in [0.5, 0.6) is 6.01 Å². The van der Waals surface area contributed by atoms with Gasteiger partial charge in [0.25, 0.3) is 6.01 Å². The van der Waals surface area contributed by atoms with Gasteiger partial charge in [-0.2, -0.15) is 4.98 Å². The summed E-state index contributed by atoms with van der Waals surface area (Å²) in [7, 11) is -3.37. The number of aliphatic hydroxyl groups is 2. The number of hydrogen-bond donors (Lipinski definition) is 3. The van der Waals surface area contributed by atoms with Crippen molar-refractivity contribution in [1.82, 2.24) is 15.0 Å². The molecule has 0 amide bonds. The van der Waals surface area contributed by atoms with Crippen molar-refractivity contribution in [1.29, 1.82) is 0 Å². The number of hydrogen-bond acceptors (Lipinski definition) is 9. The van der Waals surface area contributed by atoms with Crippen LogP contribution in [0.25, 0.3) is 33.5 Å². The van der Waals surface area contributed by atoms with E-state index in [4.69, 9.17) is 25.8 Å². The van der Waals surface area contributed by atoms with E-state index in [1.54, 1.807) is 30.3 Å². The van der Waals surface area contributed by atoms with Gasteiger partial charge in [-0.3, -0.25) is 0 Å². The minimum atomic E-state index is -3.37. The highest BCUT2D eigenvalue weighted by atomic mass is 35.5. The molecule has 39 heavy (non-hydrogen) atoms. The molecule has 0 bridgehead atoms. The number of fused-ring (bicyclic) bond motifs is 1. The first-order chi connectivity index (χ1) is 18.8. The van der Waals surface area contributed by atoms with Crippen molar-refractivity contribution in [3.63, 3.8) is 0 Å². The Morgan fingerprint density at radius 2 is 1.67 bits per heavy atom. The fourth-order valence-corrected chi connectivity index (χ4v) is 6.35. The van der Waals surface area contributed by atoms with Crippen LogP contribution in [0.15, 0.2) is 59.5 Å². The van der Waals surface area contributed by atoms with Crippen LogP contribution in [0.2, 0.25) is 5.02 Å². The third-order valence-corrected chi connectivity index (χ3v) is 9.38. The van der Waals surface area contributed by atoms with E-state index in [1.807, 2.05) is 24.3 Å². The molecule has 2 aliphatic heterocycles. The molecule has 0 spiro atoms. The van der Waals surface area contributed by atoms with Crippen molar-refractivity contribution < 1.29 is 32.8 Å². The number of imidazole rings is 1. The van der Waals surface area contributed by atoms with Gasteiger partial charge in [0.2, 0.25) is 0 Å². The zero-order chi connectivity index (χ0) is 27.1. The molecule has 6 rings (SSSR count). The Hall–Kier alpha value is -3.06. The average Bonchev–Trinajstić information content (AvgIpc) is 3.28. The Bertz CT molecular complexity index is 1590. The van der Waals surface area contributed by atoms with Crippen LogP contribution in [0.4, 0.5) is 0 Å². The first-order valence-corrected chi connectivity index (χ1v) is 14.4. The number of benzene rings is 2. The summed E-state index contributed by atoms with van der Waals surface area (Å²) in [6, 6.07) is 16.5. The van der Waals surface area contributed by atoms with E-state index in [1.165, 1.54) is 0 Å². The monoisotopic (exact) mass is 571 g/mol. The summed E-state index contributed by atoms with van der Waals surface area (Å²) in [4.78, 5) is 12.4. The summed E-state index contributed by atoms with van der Waals surface area (Å²) in [6.45, 7) is 0.453. The molecule has 4 aromatic rings. The van der Waals surface area contributed by atoms with Crippen molar-refractivity contribution in [2.24, 2.45) is 0 Å². The van der Waals surface area contributed by atoms with E-state index in [0.717, 1.165) is 16.7 Å². The third kappa shape index (κ3) is 5.13. The number of nitrogens with zero attached hydrogens (tertiary/aromatic N) is 2. The molecule has 3 atom stereocenters. The molecule has 12 heteroatoms. The summed E-state index contributed by atoms with van der Waals surface area (Å²) < 4.78 is 41.5. The van der Waals surface area contributed by atoms with Gasteiger partial charge < -0.3 is 29.4 Å². The lowest BCUT2D eigenvalue weighted by Crippen LogP contribution is -2.45. The van der Waals surface area contributed by atoms with Crippen molar-refractivity contribution in [2.75, 3.05) is 26.4 Å². The van der Waals surface area contributed by atoms with Gasteiger partial charge in [0, 0.05) is 12.0 Å². The Morgan fingerprint density at radius 1 is 1.00 bits per heavy atom. The topological polar surface area (TPSA) is 144 Å². The number of aromatic nitrogens is 3. The highest BCUT2D eigenvalue weighted by molar-refractivity contribution is 7.92. The van der Waals surface area contributed by atoms with Gasteiger partial charge >= 0.3 is 0 Å². The predicted octanol–water partition coefficient (Wildman–Crippen LogP) is 3.01. The molecule has 204 valence electrons. The molecule has 10 nitrogen and oxygen atoms in total. The molecule has 4 heterocycles. The Morgan fingerprint density at radius 3 is 2.28 bits per heavy atom. The van der Waals surface area contributed by atoms with E-state index in [2.05, 4.69) is 15.0 Å². The molecule has 2 fully saturated rings. The molecule has 2 aromatic carbocycles. The quantitative estimate of drug-likeness (QED) is 0.305. The number of ether oxygens (including phenoxy) is 3. The van der Waals surface area contributed by atoms with E-state index in [0.29, 0.717) is 33.2 Å². The number of aromatic amines is 1. The lowest BCUT2D eigenvalue weighted by Gasteiger charge is -2.31. The minimum absolute atomic E-state index is 0.221. The summed E-state index contributed by atoms with van der Waals surface area (Å²) in [5.41, 5.74) is 4.18. The van der Waals surface area contributed by atoms with E-state index in [-0.39, 0.29) is 32.4 Å². The molecule has 2 aliphatic rings. The first kappa shape index (κ1) is 26.2. The Kier molecular flexibility index (Phi) is 7.04. The van der Waals surface area contributed by atoms with Gasteiger partial charge in [0.05, 0.1) is 53.7 Å². The normalized spacial score (nSPS) is 22.1. The Balaban J connectivity index is 1.19. The molecular weight excluding hydrogens is 546 g/mol. The van der Waals surface area contributed by atoms with E-state index in [9.17, 15) is 18.6 Å². The molecule has 0 aliphatic carbocycles. The summed E-state index contributed by atoms with van der Waals surface area (Å²) in [5, 5.41) is 19.3. The molecule has 3 unspecified atom stereocenters. The largest absolute Gasteiger partial charge is 0.459 e. The van der Waals surface area contributed by atoms with Crippen LogP contribution in [0, 0.1) is 0 Å². The van der Waals surface area contributed by atoms with Gasteiger partial charge in [-0.05, 0) is 29.3 Å². The van der Waals surface area contributed by atoms with Crippen molar-refractivity contribution in [3.05, 3.63) is 59.6 Å². The van der Waals surface area contributed by atoms with Crippen molar-refractivity contribution in [2.45, 2.75) is 34.9 Å². The molecule has 2 saturated heterocycles. The zero-order valence-electron chi connectivity index (χ0n) is 20.7. The zero-order valence-corrected chi connectivity index (χ0v) is 22.2. The second-order valence-electron chi connectivity index (χ2n) is 9.64. The number of nitrogens with one attached hydrogen (secondary N) is 1. The lowest BCUT2D eigenvalue weighted by molar-refractivity contribution is -0.131. The van der Waals surface area contributed by atoms with Crippen LogP contribution in [-0.4, -0.2) is 83.6 Å². The Labute approximate surface area is 229 Å². The van der Waals surface area contributed by atoms with E-state index < -0.39 is 33.4 Å². The standard InChI is InChI=1S/C27H26ClN3O7S/c28-21-10-22-26(31-27(29-22)38-18-9-23(33)24(11-32)37-12-18)30-25(21)17-3-1-15(2-4-17)16-5-7-19(8-6-16)39(34,35)20-13-36-14-20/h1-8,10,18,20,23-24,32-33H,9,11-14H2,(H,29,30,31). The van der Waals surface area contributed by atoms with Gasteiger partial charge in [0.1, 0.15) is 17.5 Å². The number of rotatable bonds is 7. The van der Waals surface area contributed by atoms with Gasteiger partial charge in [-0.25, -0.2) is 13.4 Å². The molecule has 3 N–H and O–H groups in total. The first-order valence-electron chi connectivity index (χ1n) is 12.5. The second-order valence-corrected chi connectivity index (χ2v) is 12.3. The minimum Gasteiger partial charge on any atom is -0.459 e. The SMILES string of the molecule is O=S(=O)(c1ccc(-c2ccc(-c3nc4nc(OC5COC(CO)C(O)C5)[nH]c4cc3Cl)cc2)cc1)C1COC1. The van der Waals surface area contributed by atoms with Gasteiger partial charge in [-0.15, -0.1) is 0 Å². The van der Waals surface area contributed by atoms with Crippen LogP contribution in [-0.2, 0) is 19.3 Å². The molecule has 2 aromatic heterocycles. The molecule has 0 radical (unpaired) electrons. The maximum Gasteiger partial charge on any atom is 0.296 e. The summed E-state index contributed by atoms with van der Waals surface area (Å²) in [5.74, 6) is 0. The summed E-state index contributed by atoms with van der Waals surface area (Å²) in [6.07, 6.45) is -1.55.